The Balaban J connectivity index is 1.31. The van der Waals surface area contributed by atoms with E-state index in [9.17, 15) is 14.9 Å². The number of rotatable bonds is 5. The van der Waals surface area contributed by atoms with Crippen LogP contribution in [0.1, 0.15) is 10.4 Å². The molecule has 1 aliphatic rings. The maximum absolute atomic E-state index is 12.8. The van der Waals surface area contributed by atoms with Crippen LogP contribution in [0.4, 0.5) is 17.1 Å². The Bertz CT molecular complexity index is 1490. The average Bonchev–Trinajstić information content (AvgIpc) is 3.34. The van der Waals surface area contributed by atoms with Crippen molar-refractivity contribution in [3.63, 3.8) is 0 Å². The quantitative estimate of drug-likeness (QED) is 0.205. The summed E-state index contributed by atoms with van der Waals surface area (Å²) in [5.74, 6) is -0.191. The number of hydrogen-bond acceptors (Lipinski definition) is 8. The maximum Gasteiger partial charge on any atom is 0.293 e. The zero-order valence-electron chi connectivity index (χ0n) is 19.3. The molecule has 0 atom stereocenters. The molecule has 2 heterocycles. The normalized spacial score (nSPS) is 13.4. The van der Waals surface area contributed by atoms with E-state index in [4.69, 9.17) is 33.0 Å². The van der Waals surface area contributed by atoms with Crippen molar-refractivity contribution >= 4 is 63.0 Å². The first-order valence-corrected chi connectivity index (χ1v) is 12.1. The molecule has 1 amide bonds. The van der Waals surface area contributed by atoms with Crippen LogP contribution in [0.2, 0.25) is 5.02 Å². The Morgan fingerprint density at radius 3 is 2.65 bits per heavy atom. The first-order chi connectivity index (χ1) is 17.9. The number of anilines is 2. The lowest BCUT2D eigenvalue weighted by molar-refractivity contribution is -0.384. The summed E-state index contributed by atoms with van der Waals surface area (Å²) in [6.45, 7) is 2.03. The molecule has 1 aromatic heterocycles. The summed E-state index contributed by atoms with van der Waals surface area (Å²) >= 11 is 11.6. The standard InChI is InChI=1S/C25H20ClN5O5S/c26-17-7-5-16(24-27-18-3-1-2-4-22(18)36-24)13-19(17)28-25(37)29-23(32)15-6-8-20(21(14-15)31(33)34)30-9-11-35-12-10-30/h1-8,13-14H,9-12H2,(H2,28,29,32,37). The smallest absolute Gasteiger partial charge is 0.293 e. The van der Waals surface area contributed by atoms with Crippen LogP contribution >= 0.6 is 23.8 Å². The highest BCUT2D eigenvalue weighted by Crippen LogP contribution is 2.31. The van der Waals surface area contributed by atoms with Gasteiger partial charge in [0.15, 0.2) is 10.7 Å². The van der Waals surface area contributed by atoms with Gasteiger partial charge in [-0.3, -0.25) is 20.2 Å². The first-order valence-electron chi connectivity index (χ1n) is 11.3. The highest BCUT2D eigenvalue weighted by molar-refractivity contribution is 7.80. The molecule has 0 unspecified atom stereocenters. The van der Waals surface area contributed by atoms with E-state index in [0.717, 1.165) is 5.52 Å². The minimum absolute atomic E-state index is 0.0264. The second-order valence-corrected chi connectivity index (χ2v) is 8.97. The van der Waals surface area contributed by atoms with Gasteiger partial charge in [0.25, 0.3) is 11.6 Å². The number of hydrogen-bond donors (Lipinski definition) is 2. The largest absolute Gasteiger partial charge is 0.436 e. The van der Waals surface area contributed by atoms with E-state index in [2.05, 4.69) is 15.6 Å². The van der Waals surface area contributed by atoms with Crippen molar-refractivity contribution in [2.75, 3.05) is 36.5 Å². The Labute approximate surface area is 221 Å². The zero-order chi connectivity index (χ0) is 25.9. The van der Waals surface area contributed by atoms with E-state index < -0.39 is 10.8 Å². The molecule has 0 radical (unpaired) electrons. The van der Waals surface area contributed by atoms with Crippen LogP contribution in [-0.2, 0) is 4.74 Å². The van der Waals surface area contributed by atoms with Gasteiger partial charge in [0.05, 0.1) is 28.8 Å². The number of amides is 1. The number of carbonyl (C=O) groups is 1. The molecule has 37 heavy (non-hydrogen) atoms. The van der Waals surface area contributed by atoms with Crippen molar-refractivity contribution in [1.29, 1.82) is 0 Å². The fraction of sp³-hybridized carbons (Fsp3) is 0.160. The molecule has 1 aliphatic heterocycles. The molecule has 1 saturated heterocycles. The van der Waals surface area contributed by atoms with Crippen LogP contribution in [0.5, 0.6) is 0 Å². The molecule has 4 aromatic rings. The van der Waals surface area contributed by atoms with Crippen molar-refractivity contribution in [3.8, 4) is 11.5 Å². The van der Waals surface area contributed by atoms with Gasteiger partial charge in [-0.25, -0.2) is 4.98 Å². The van der Waals surface area contributed by atoms with E-state index in [1.54, 1.807) is 24.3 Å². The van der Waals surface area contributed by atoms with Gasteiger partial charge in [-0.2, -0.15) is 0 Å². The van der Waals surface area contributed by atoms with Gasteiger partial charge in [0, 0.05) is 30.3 Å². The summed E-state index contributed by atoms with van der Waals surface area (Å²) in [6, 6.07) is 16.8. The van der Waals surface area contributed by atoms with Crippen LogP contribution < -0.4 is 15.5 Å². The molecule has 0 aliphatic carbocycles. The van der Waals surface area contributed by atoms with Crippen LogP contribution in [0.3, 0.4) is 0 Å². The molecule has 2 N–H and O–H groups in total. The third-order valence-electron chi connectivity index (χ3n) is 5.77. The number of aromatic nitrogens is 1. The fourth-order valence-electron chi connectivity index (χ4n) is 3.96. The number of nitrogens with zero attached hydrogens (tertiary/aromatic N) is 3. The van der Waals surface area contributed by atoms with Crippen molar-refractivity contribution in [1.82, 2.24) is 10.3 Å². The number of thiocarbonyl (C=S) groups is 1. The summed E-state index contributed by atoms with van der Waals surface area (Å²) in [7, 11) is 0. The lowest BCUT2D eigenvalue weighted by Gasteiger charge is -2.28. The van der Waals surface area contributed by atoms with Crippen LogP contribution in [-0.4, -0.2) is 47.2 Å². The van der Waals surface area contributed by atoms with Gasteiger partial charge in [-0.05, 0) is 54.7 Å². The van der Waals surface area contributed by atoms with E-state index in [1.807, 2.05) is 29.2 Å². The molecule has 12 heteroatoms. The number of nitro benzene ring substituents is 1. The van der Waals surface area contributed by atoms with Crippen LogP contribution in [0, 0.1) is 10.1 Å². The van der Waals surface area contributed by atoms with Crippen molar-refractivity contribution in [2.24, 2.45) is 0 Å². The number of fused-ring (bicyclic) bond motifs is 1. The second kappa shape index (κ2) is 10.5. The number of para-hydroxylation sites is 2. The van der Waals surface area contributed by atoms with E-state index in [-0.39, 0.29) is 16.4 Å². The Hall–Kier alpha value is -4.06. The Morgan fingerprint density at radius 1 is 1.11 bits per heavy atom. The summed E-state index contributed by atoms with van der Waals surface area (Å²) in [5.41, 5.74) is 2.83. The van der Waals surface area contributed by atoms with Gasteiger partial charge in [-0.1, -0.05) is 23.7 Å². The molecule has 10 nitrogen and oxygen atoms in total. The topological polar surface area (TPSA) is 123 Å². The lowest BCUT2D eigenvalue weighted by Crippen LogP contribution is -2.37. The number of nitrogens with one attached hydrogen (secondary N) is 2. The zero-order valence-corrected chi connectivity index (χ0v) is 20.8. The summed E-state index contributed by atoms with van der Waals surface area (Å²) in [6.07, 6.45) is 0. The predicted octanol–water partition coefficient (Wildman–Crippen LogP) is 5.02. The Kier molecular flexibility index (Phi) is 6.99. The molecule has 188 valence electrons. The molecule has 0 spiro atoms. The molecule has 5 rings (SSSR count). The number of nitro groups is 1. The van der Waals surface area contributed by atoms with Crippen molar-refractivity contribution in [2.45, 2.75) is 0 Å². The highest BCUT2D eigenvalue weighted by atomic mass is 35.5. The van der Waals surface area contributed by atoms with Crippen molar-refractivity contribution in [3.05, 3.63) is 81.4 Å². The van der Waals surface area contributed by atoms with Crippen molar-refractivity contribution < 1.29 is 18.9 Å². The number of oxazole rings is 1. The van der Waals surface area contributed by atoms with Gasteiger partial charge >= 0.3 is 0 Å². The number of halogens is 1. The highest BCUT2D eigenvalue weighted by Gasteiger charge is 2.23. The third kappa shape index (κ3) is 5.38. The minimum atomic E-state index is -0.597. The number of carbonyl (C=O) groups excluding carboxylic acids is 1. The van der Waals surface area contributed by atoms with Crippen LogP contribution in [0.25, 0.3) is 22.6 Å². The summed E-state index contributed by atoms with van der Waals surface area (Å²) < 4.78 is 11.1. The fourth-order valence-corrected chi connectivity index (χ4v) is 4.33. The minimum Gasteiger partial charge on any atom is -0.436 e. The van der Waals surface area contributed by atoms with Crippen LogP contribution in [0.15, 0.2) is 65.1 Å². The summed E-state index contributed by atoms with van der Waals surface area (Å²) in [5, 5.41) is 17.5. The molecule has 0 saturated carbocycles. The number of benzene rings is 3. The van der Waals surface area contributed by atoms with E-state index >= 15 is 0 Å². The second-order valence-electron chi connectivity index (χ2n) is 8.15. The monoisotopic (exact) mass is 537 g/mol. The molecule has 0 bridgehead atoms. The van der Waals surface area contributed by atoms with E-state index in [1.165, 1.54) is 12.1 Å². The molecule has 3 aromatic carbocycles. The van der Waals surface area contributed by atoms with Gasteiger partial charge in [0.1, 0.15) is 11.2 Å². The first kappa shape index (κ1) is 24.6. The molecule has 1 fully saturated rings. The number of ether oxygens (including phenoxy) is 1. The predicted molar refractivity (Wildman–Crippen MR) is 144 cm³/mol. The number of morpholine rings is 1. The summed E-state index contributed by atoms with van der Waals surface area (Å²) in [4.78, 5) is 30.4. The van der Waals surface area contributed by atoms with E-state index in [0.29, 0.717) is 59.7 Å². The SMILES string of the molecule is O=C(NC(=S)Nc1cc(-c2nc3ccccc3o2)ccc1Cl)c1ccc(N2CCOCC2)c([N+](=O)[O-])c1. The third-order valence-corrected chi connectivity index (χ3v) is 6.30. The molecular weight excluding hydrogens is 518 g/mol. The van der Waals surface area contributed by atoms with Gasteiger partial charge in [0.2, 0.25) is 5.89 Å². The average molecular weight is 538 g/mol. The Morgan fingerprint density at radius 2 is 1.89 bits per heavy atom. The van der Waals surface area contributed by atoms with Gasteiger partial charge < -0.3 is 19.4 Å². The van der Waals surface area contributed by atoms with Gasteiger partial charge in [-0.15, -0.1) is 0 Å². The maximum atomic E-state index is 12.8. The molecular formula is C25H20ClN5O5S. The lowest BCUT2D eigenvalue weighted by atomic mass is 10.1.